The minimum atomic E-state index is -0.0702. The van der Waals surface area contributed by atoms with Crippen LogP contribution in [0.4, 0.5) is 0 Å². The molecule has 1 aliphatic carbocycles. The van der Waals surface area contributed by atoms with Crippen LogP contribution in [0.3, 0.4) is 0 Å². The maximum Gasteiger partial charge on any atom is 0.248 e. The van der Waals surface area contributed by atoms with E-state index in [-0.39, 0.29) is 5.56 Å². The van der Waals surface area contributed by atoms with Gasteiger partial charge in [-0.2, -0.15) is 0 Å². The normalized spacial score (nSPS) is 15.2. The van der Waals surface area contributed by atoms with E-state index in [2.05, 4.69) is 4.98 Å². The highest BCUT2D eigenvalue weighted by Crippen LogP contribution is 2.29. The Morgan fingerprint density at radius 2 is 2.12 bits per heavy atom. The highest BCUT2D eigenvalue weighted by atomic mass is 16.5. The quantitative estimate of drug-likeness (QED) is 0.853. The van der Waals surface area contributed by atoms with Crippen molar-refractivity contribution in [1.82, 2.24) is 4.98 Å². The molecule has 1 heterocycles. The van der Waals surface area contributed by atoms with Crippen LogP contribution in [0.1, 0.15) is 12.8 Å². The van der Waals surface area contributed by atoms with Gasteiger partial charge in [-0.3, -0.25) is 4.79 Å². The van der Waals surface area contributed by atoms with Crippen molar-refractivity contribution in [2.45, 2.75) is 12.8 Å². The van der Waals surface area contributed by atoms with Crippen molar-refractivity contribution < 1.29 is 4.74 Å². The van der Waals surface area contributed by atoms with Crippen molar-refractivity contribution in [2.24, 2.45) is 5.92 Å². The molecule has 2 aromatic rings. The van der Waals surface area contributed by atoms with Gasteiger partial charge in [0.15, 0.2) is 0 Å². The van der Waals surface area contributed by atoms with Crippen molar-refractivity contribution in [3.05, 3.63) is 40.7 Å². The number of hydrogen-bond donors (Lipinski definition) is 1. The zero-order valence-electron chi connectivity index (χ0n) is 8.90. The second-order valence-corrected chi connectivity index (χ2v) is 4.33. The Hall–Kier alpha value is -1.77. The lowest BCUT2D eigenvalue weighted by Crippen LogP contribution is -2.03. The molecule has 1 aliphatic rings. The summed E-state index contributed by atoms with van der Waals surface area (Å²) in [5.41, 5.74) is 0.783. The average Bonchev–Trinajstić information content (AvgIpc) is 3.10. The molecule has 3 nitrogen and oxygen atoms in total. The summed E-state index contributed by atoms with van der Waals surface area (Å²) in [4.78, 5) is 13.9. The Labute approximate surface area is 93.1 Å². The number of ether oxygens (including phenoxy) is 1. The van der Waals surface area contributed by atoms with E-state index in [1.807, 2.05) is 24.3 Å². The molecular formula is C13H13NO2. The van der Waals surface area contributed by atoms with E-state index < -0.39 is 0 Å². The smallest absolute Gasteiger partial charge is 0.248 e. The largest absolute Gasteiger partial charge is 0.493 e. The Bertz CT molecular complexity index is 569. The maximum absolute atomic E-state index is 11.1. The molecule has 82 valence electrons. The topological polar surface area (TPSA) is 42.1 Å². The van der Waals surface area contributed by atoms with Gasteiger partial charge in [0.25, 0.3) is 0 Å². The Balaban J connectivity index is 1.89. The Morgan fingerprint density at radius 3 is 2.94 bits per heavy atom. The van der Waals surface area contributed by atoms with Crippen LogP contribution < -0.4 is 10.3 Å². The van der Waals surface area contributed by atoms with Gasteiger partial charge >= 0.3 is 0 Å². The molecule has 1 aromatic heterocycles. The second-order valence-electron chi connectivity index (χ2n) is 4.33. The molecule has 0 aliphatic heterocycles. The number of fused-ring (bicyclic) bond motifs is 1. The first-order chi connectivity index (χ1) is 7.81. The van der Waals surface area contributed by atoms with E-state index in [4.69, 9.17) is 4.74 Å². The van der Waals surface area contributed by atoms with Crippen LogP contribution in [0.25, 0.3) is 10.9 Å². The fraction of sp³-hybridized carbons (Fsp3) is 0.308. The third kappa shape index (κ3) is 1.94. The van der Waals surface area contributed by atoms with Gasteiger partial charge < -0.3 is 9.72 Å². The lowest BCUT2D eigenvalue weighted by atomic mass is 10.2. The molecule has 3 heteroatoms. The number of nitrogens with one attached hydrogen (secondary N) is 1. The summed E-state index contributed by atoms with van der Waals surface area (Å²) in [6.07, 6.45) is 2.59. The first-order valence-electron chi connectivity index (χ1n) is 5.57. The van der Waals surface area contributed by atoms with Crippen molar-refractivity contribution in [3.63, 3.8) is 0 Å². The molecule has 0 radical (unpaired) electrons. The summed E-state index contributed by atoms with van der Waals surface area (Å²) >= 11 is 0. The second kappa shape index (κ2) is 3.67. The summed E-state index contributed by atoms with van der Waals surface area (Å²) in [6, 6.07) is 9.11. The van der Waals surface area contributed by atoms with Gasteiger partial charge in [0, 0.05) is 17.0 Å². The summed E-state index contributed by atoms with van der Waals surface area (Å²) in [5, 5.41) is 1.01. The molecule has 0 bridgehead atoms. The molecule has 0 saturated heterocycles. The minimum Gasteiger partial charge on any atom is -0.493 e. The molecule has 0 unspecified atom stereocenters. The third-order valence-electron chi connectivity index (χ3n) is 2.88. The maximum atomic E-state index is 11.1. The van der Waals surface area contributed by atoms with E-state index >= 15 is 0 Å². The monoisotopic (exact) mass is 215 g/mol. The first-order valence-corrected chi connectivity index (χ1v) is 5.57. The van der Waals surface area contributed by atoms with Crippen LogP contribution in [0.15, 0.2) is 35.1 Å². The summed E-state index contributed by atoms with van der Waals surface area (Å²) < 4.78 is 5.68. The molecule has 1 fully saturated rings. The minimum absolute atomic E-state index is 0.0702. The molecule has 1 saturated carbocycles. The van der Waals surface area contributed by atoms with Gasteiger partial charge in [-0.05, 0) is 43.0 Å². The van der Waals surface area contributed by atoms with E-state index in [0.29, 0.717) is 0 Å². The van der Waals surface area contributed by atoms with Crippen molar-refractivity contribution in [3.8, 4) is 5.75 Å². The molecule has 16 heavy (non-hydrogen) atoms. The fourth-order valence-corrected chi connectivity index (χ4v) is 1.72. The number of hydrogen-bond acceptors (Lipinski definition) is 2. The van der Waals surface area contributed by atoms with E-state index in [1.165, 1.54) is 18.9 Å². The number of rotatable bonds is 3. The lowest BCUT2D eigenvalue weighted by Gasteiger charge is -2.05. The van der Waals surface area contributed by atoms with Gasteiger partial charge in [-0.1, -0.05) is 0 Å². The Morgan fingerprint density at radius 1 is 1.25 bits per heavy atom. The van der Waals surface area contributed by atoms with Gasteiger partial charge in [-0.15, -0.1) is 0 Å². The van der Waals surface area contributed by atoms with Crippen molar-refractivity contribution in [2.75, 3.05) is 6.61 Å². The average molecular weight is 215 g/mol. The number of benzene rings is 1. The van der Waals surface area contributed by atoms with Crippen LogP contribution in [0.5, 0.6) is 5.75 Å². The van der Waals surface area contributed by atoms with Crippen LogP contribution in [-0.4, -0.2) is 11.6 Å². The number of aromatic nitrogens is 1. The highest BCUT2D eigenvalue weighted by molar-refractivity contribution is 5.79. The van der Waals surface area contributed by atoms with Crippen LogP contribution in [-0.2, 0) is 0 Å². The van der Waals surface area contributed by atoms with Crippen LogP contribution >= 0.6 is 0 Å². The van der Waals surface area contributed by atoms with E-state index in [1.54, 1.807) is 0 Å². The van der Waals surface area contributed by atoms with Crippen LogP contribution in [0, 0.1) is 5.92 Å². The van der Waals surface area contributed by atoms with Gasteiger partial charge in [0.05, 0.1) is 6.61 Å². The lowest BCUT2D eigenvalue weighted by molar-refractivity contribution is 0.300. The van der Waals surface area contributed by atoms with E-state index in [9.17, 15) is 4.79 Å². The van der Waals surface area contributed by atoms with Gasteiger partial charge in [-0.25, -0.2) is 0 Å². The predicted octanol–water partition coefficient (Wildman–Crippen LogP) is 2.32. The molecule has 0 spiro atoms. The third-order valence-corrected chi connectivity index (χ3v) is 2.88. The highest BCUT2D eigenvalue weighted by Gasteiger charge is 2.21. The standard InChI is InChI=1S/C13H13NO2/c15-13-6-3-10-7-11(4-5-12(10)14-13)16-8-9-1-2-9/h3-7,9H,1-2,8H2,(H,14,15). The molecule has 3 rings (SSSR count). The first kappa shape index (κ1) is 9.46. The number of H-pyrrole nitrogens is 1. The predicted molar refractivity (Wildman–Crippen MR) is 62.8 cm³/mol. The molecule has 1 N–H and O–H groups in total. The summed E-state index contributed by atoms with van der Waals surface area (Å²) in [6.45, 7) is 0.814. The Kier molecular flexibility index (Phi) is 2.17. The fourth-order valence-electron chi connectivity index (χ4n) is 1.72. The zero-order valence-corrected chi connectivity index (χ0v) is 8.90. The van der Waals surface area contributed by atoms with Crippen molar-refractivity contribution >= 4 is 10.9 Å². The SMILES string of the molecule is O=c1ccc2cc(OCC3CC3)ccc2[nH]1. The van der Waals surface area contributed by atoms with Gasteiger partial charge in [0.1, 0.15) is 5.75 Å². The molecule has 1 aromatic carbocycles. The summed E-state index contributed by atoms with van der Waals surface area (Å²) in [7, 11) is 0. The molecular weight excluding hydrogens is 202 g/mol. The van der Waals surface area contributed by atoms with Gasteiger partial charge in [0.2, 0.25) is 5.56 Å². The zero-order chi connectivity index (χ0) is 11.0. The van der Waals surface area contributed by atoms with E-state index in [0.717, 1.165) is 29.2 Å². The number of aromatic amines is 1. The van der Waals surface area contributed by atoms with Crippen molar-refractivity contribution in [1.29, 1.82) is 0 Å². The van der Waals surface area contributed by atoms with Crippen LogP contribution in [0.2, 0.25) is 0 Å². The number of pyridine rings is 1. The molecule has 0 atom stereocenters. The molecule has 0 amide bonds. The summed E-state index contributed by atoms with van der Waals surface area (Å²) in [5.74, 6) is 1.64.